The molecule has 1 rings (SSSR count). The molecule has 6 heteroatoms. The van der Waals surface area contributed by atoms with Gasteiger partial charge in [0.25, 0.3) is 0 Å². The van der Waals surface area contributed by atoms with Gasteiger partial charge in [0.15, 0.2) is 11.6 Å². The van der Waals surface area contributed by atoms with E-state index in [4.69, 9.17) is 17.3 Å². The quantitative estimate of drug-likeness (QED) is 0.673. The van der Waals surface area contributed by atoms with Crippen LogP contribution in [0, 0.1) is 5.82 Å². The second-order valence-electron chi connectivity index (χ2n) is 3.10. The standard InChI is InChI=1S/C7H9ClFN3O/c1-7(2,13)4-3(9)5(10)12-6(8)11-4/h13H,1-2H3,(H2,10,11,12). The van der Waals surface area contributed by atoms with E-state index in [9.17, 15) is 9.50 Å². The van der Waals surface area contributed by atoms with E-state index in [-0.39, 0.29) is 16.8 Å². The fourth-order valence-electron chi connectivity index (χ4n) is 0.841. The Balaban J connectivity index is 3.37. The molecule has 4 nitrogen and oxygen atoms in total. The first-order chi connectivity index (χ1) is 5.82. The molecule has 3 N–H and O–H groups in total. The van der Waals surface area contributed by atoms with Crippen molar-refractivity contribution in [3.63, 3.8) is 0 Å². The third-order valence-corrected chi connectivity index (χ3v) is 1.60. The fourth-order valence-corrected chi connectivity index (χ4v) is 1.02. The summed E-state index contributed by atoms with van der Waals surface area (Å²) in [4.78, 5) is 6.95. The molecule has 0 aliphatic carbocycles. The summed E-state index contributed by atoms with van der Waals surface area (Å²) in [6, 6.07) is 0. The molecule has 1 aromatic rings. The van der Waals surface area contributed by atoms with Crippen molar-refractivity contribution in [2.45, 2.75) is 19.4 Å². The lowest BCUT2D eigenvalue weighted by atomic mass is 10.1. The van der Waals surface area contributed by atoms with E-state index >= 15 is 0 Å². The molecule has 0 amide bonds. The van der Waals surface area contributed by atoms with E-state index in [1.807, 2.05) is 0 Å². The maximum atomic E-state index is 13.2. The number of nitrogens with two attached hydrogens (primary N) is 1. The number of aromatic nitrogens is 2. The first-order valence-corrected chi connectivity index (χ1v) is 3.91. The van der Waals surface area contributed by atoms with E-state index in [0.29, 0.717) is 0 Å². The van der Waals surface area contributed by atoms with Gasteiger partial charge in [0, 0.05) is 0 Å². The van der Waals surface area contributed by atoms with Gasteiger partial charge in [0.1, 0.15) is 11.3 Å². The summed E-state index contributed by atoms with van der Waals surface area (Å²) in [5.74, 6) is -1.20. The van der Waals surface area contributed by atoms with Crippen molar-refractivity contribution in [2.24, 2.45) is 0 Å². The summed E-state index contributed by atoms with van der Waals surface area (Å²) in [5.41, 5.74) is 3.57. The van der Waals surface area contributed by atoms with Gasteiger partial charge in [-0.25, -0.2) is 9.37 Å². The SMILES string of the molecule is CC(C)(O)c1nc(Cl)nc(N)c1F. The average Bonchev–Trinajstić information content (AvgIpc) is 1.94. The number of hydrogen-bond acceptors (Lipinski definition) is 4. The number of hydrogen-bond donors (Lipinski definition) is 2. The summed E-state index contributed by atoms with van der Waals surface area (Å²) in [7, 11) is 0. The zero-order valence-electron chi connectivity index (χ0n) is 7.17. The van der Waals surface area contributed by atoms with Crippen molar-refractivity contribution < 1.29 is 9.50 Å². The van der Waals surface area contributed by atoms with Crippen molar-refractivity contribution in [1.29, 1.82) is 0 Å². The molecule has 0 spiro atoms. The minimum atomic E-state index is -1.43. The van der Waals surface area contributed by atoms with Gasteiger partial charge in [-0.15, -0.1) is 0 Å². The van der Waals surface area contributed by atoms with E-state index in [1.165, 1.54) is 13.8 Å². The maximum absolute atomic E-state index is 13.2. The molecule has 1 heterocycles. The van der Waals surface area contributed by atoms with E-state index in [1.54, 1.807) is 0 Å². The molecule has 13 heavy (non-hydrogen) atoms. The van der Waals surface area contributed by atoms with E-state index in [0.717, 1.165) is 0 Å². The van der Waals surface area contributed by atoms with Gasteiger partial charge in [-0.3, -0.25) is 0 Å². The molecule has 1 aromatic heterocycles. The molecule has 0 fully saturated rings. The van der Waals surface area contributed by atoms with Crippen LogP contribution in [0.5, 0.6) is 0 Å². The highest BCUT2D eigenvalue weighted by Gasteiger charge is 2.25. The van der Waals surface area contributed by atoms with Gasteiger partial charge < -0.3 is 10.8 Å². The Bertz CT molecular complexity index is 337. The van der Waals surface area contributed by atoms with Crippen LogP contribution in [-0.4, -0.2) is 15.1 Å². The predicted molar refractivity (Wildman–Crippen MR) is 46.7 cm³/mol. The van der Waals surface area contributed by atoms with Crippen molar-refractivity contribution in [3.8, 4) is 0 Å². The van der Waals surface area contributed by atoms with Crippen LogP contribution in [0.1, 0.15) is 19.5 Å². The minimum absolute atomic E-state index is 0.184. The third kappa shape index (κ3) is 2.05. The molecule has 0 aliphatic heterocycles. The highest BCUT2D eigenvalue weighted by Crippen LogP contribution is 2.24. The first kappa shape index (κ1) is 10.1. The molecule has 0 unspecified atom stereocenters. The number of rotatable bonds is 1. The second kappa shape index (κ2) is 3.08. The van der Waals surface area contributed by atoms with Crippen LogP contribution in [-0.2, 0) is 5.60 Å². The Labute approximate surface area is 79.6 Å². The van der Waals surface area contributed by atoms with Crippen LogP contribution in [0.15, 0.2) is 0 Å². The summed E-state index contributed by atoms with van der Waals surface area (Å²) < 4.78 is 13.2. The topological polar surface area (TPSA) is 72.0 Å². The Morgan fingerprint density at radius 1 is 1.46 bits per heavy atom. The van der Waals surface area contributed by atoms with Gasteiger partial charge in [-0.05, 0) is 25.4 Å². The third-order valence-electron chi connectivity index (χ3n) is 1.43. The van der Waals surface area contributed by atoms with Crippen LogP contribution >= 0.6 is 11.6 Å². The Kier molecular flexibility index (Phi) is 2.40. The zero-order valence-corrected chi connectivity index (χ0v) is 7.93. The number of aliphatic hydroxyl groups is 1. The molecular weight excluding hydrogens is 197 g/mol. The van der Waals surface area contributed by atoms with Crippen LogP contribution in [0.4, 0.5) is 10.2 Å². The lowest BCUT2D eigenvalue weighted by molar-refractivity contribution is 0.0694. The average molecular weight is 206 g/mol. The smallest absolute Gasteiger partial charge is 0.224 e. The summed E-state index contributed by atoms with van der Waals surface area (Å²) in [6.45, 7) is 2.77. The Morgan fingerprint density at radius 3 is 2.46 bits per heavy atom. The van der Waals surface area contributed by atoms with Crippen LogP contribution < -0.4 is 5.73 Å². The van der Waals surface area contributed by atoms with Gasteiger partial charge in [-0.1, -0.05) is 0 Å². The molecule has 0 bridgehead atoms. The van der Waals surface area contributed by atoms with Gasteiger partial charge in [-0.2, -0.15) is 4.98 Å². The summed E-state index contributed by atoms with van der Waals surface area (Å²) in [5, 5.41) is 9.29. The Morgan fingerprint density at radius 2 is 2.00 bits per heavy atom. The lowest BCUT2D eigenvalue weighted by Gasteiger charge is -2.17. The molecule has 0 aliphatic rings. The predicted octanol–water partition coefficient (Wildman–Crippen LogP) is 1.08. The van der Waals surface area contributed by atoms with Gasteiger partial charge in [0.2, 0.25) is 5.28 Å². The van der Waals surface area contributed by atoms with Crippen molar-refractivity contribution in [2.75, 3.05) is 5.73 Å². The van der Waals surface area contributed by atoms with Gasteiger partial charge in [0.05, 0.1) is 0 Å². The van der Waals surface area contributed by atoms with Crippen LogP contribution in [0.2, 0.25) is 5.28 Å². The highest BCUT2D eigenvalue weighted by molar-refractivity contribution is 6.28. The molecule has 0 atom stereocenters. The fraction of sp³-hybridized carbons (Fsp3) is 0.429. The Hall–Kier alpha value is -0.940. The summed E-state index contributed by atoms with van der Waals surface area (Å²) in [6.07, 6.45) is 0. The maximum Gasteiger partial charge on any atom is 0.224 e. The van der Waals surface area contributed by atoms with Crippen LogP contribution in [0.3, 0.4) is 0 Å². The molecule has 0 aromatic carbocycles. The number of nitrogen functional groups attached to an aromatic ring is 1. The number of nitrogens with zero attached hydrogens (tertiary/aromatic N) is 2. The highest BCUT2D eigenvalue weighted by atomic mass is 35.5. The molecule has 0 saturated carbocycles. The minimum Gasteiger partial charge on any atom is -0.384 e. The van der Waals surface area contributed by atoms with Crippen molar-refractivity contribution >= 4 is 17.4 Å². The number of halogens is 2. The summed E-state index contributed by atoms with van der Waals surface area (Å²) >= 11 is 5.45. The molecule has 72 valence electrons. The lowest BCUT2D eigenvalue weighted by Crippen LogP contribution is -2.21. The normalized spacial score (nSPS) is 11.8. The van der Waals surface area contributed by atoms with Crippen LogP contribution in [0.25, 0.3) is 0 Å². The van der Waals surface area contributed by atoms with Crippen molar-refractivity contribution in [1.82, 2.24) is 9.97 Å². The molecular formula is C7H9ClFN3O. The molecule has 0 saturated heterocycles. The van der Waals surface area contributed by atoms with E-state index in [2.05, 4.69) is 9.97 Å². The largest absolute Gasteiger partial charge is 0.384 e. The monoisotopic (exact) mass is 205 g/mol. The molecule has 0 radical (unpaired) electrons. The van der Waals surface area contributed by atoms with E-state index < -0.39 is 11.4 Å². The van der Waals surface area contributed by atoms with Crippen molar-refractivity contribution in [3.05, 3.63) is 16.8 Å². The second-order valence-corrected chi connectivity index (χ2v) is 3.44. The van der Waals surface area contributed by atoms with Gasteiger partial charge >= 0.3 is 0 Å². The zero-order chi connectivity index (χ0) is 10.2. The number of anilines is 1. The first-order valence-electron chi connectivity index (χ1n) is 3.53.